The number of carbonyl (C=O) groups is 3. The summed E-state index contributed by atoms with van der Waals surface area (Å²) >= 11 is 0. The molecular formula is C50H96O6. The van der Waals surface area contributed by atoms with Crippen LogP contribution in [0, 0.1) is 5.92 Å². The maximum atomic E-state index is 12.7. The molecule has 0 aromatic heterocycles. The van der Waals surface area contributed by atoms with Crippen molar-refractivity contribution < 1.29 is 28.6 Å². The van der Waals surface area contributed by atoms with Crippen molar-refractivity contribution in [1.29, 1.82) is 0 Å². The molecule has 6 nitrogen and oxygen atoms in total. The zero-order chi connectivity index (χ0) is 41.0. The van der Waals surface area contributed by atoms with Gasteiger partial charge in [-0.25, -0.2) is 0 Å². The van der Waals surface area contributed by atoms with Crippen LogP contribution < -0.4 is 0 Å². The highest BCUT2D eigenvalue weighted by atomic mass is 16.6. The van der Waals surface area contributed by atoms with E-state index in [0.717, 1.165) is 63.7 Å². The normalized spacial score (nSPS) is 11.9. The first-order valence-corrected chi connectivity index (χ1v) is 24.9. The molecule has 6 heteroatoms. The summed E-state index contributed by atoms with van der Waals surface area (Å²) in [5.41, 5.74) is 0. The Hall–Kier alpha value is -1.59. The summed E-state index contributed by atoms with van der Waals surface area (Å²) in [4.78, 5) is 37.8. The molecular weight excluding hydrogens is 697 g/mol. The predicted molar refractivity (Wildman–Crippen MR) is 238 cm³/mol. The first-order chi connectivity index (χ1) is 27.4. The third kappa shape index (κ3) is 43.5. The molecule has 0 unspecified atom stereocenters. The van der Waals surface area contributed by atoms with Crippen LogP contribution in [-0.2, 0) is 28.6 Å². The Morgan fingerprint density at radius 1 is 0.339 bits per heavy atom. The van der Waals surface area contributed by atoms with Gasteiger partial charge in [0.2, 0.25) is 0 Å². The van der Waals surface area contributed by atoms with Gasteiger partial charge in [-0.3, -0.25) is 14.4 Å². The van der Waals surface area contributed by atoms with E-state index in [9.17, 15) is 14.4 Å². The lowest BCUT2D eigenvalue weighted by Gasteiger charge is -2.18. The van der Waals surface area contributed by atoms with E-state index in [1.165, 1.54) is 173 Å². The van der Waals surface area contributed by atoms with Crippen molar-refractivity contribution in [3.8, 4) is 0 Å². The molecule has 0 heterocycles. The predicted octanol–water partition coefficient (Wildman–Crippen LogP) is 15.9. The van der Waals surface area contributed by atoms with Crippen LogP contribution in [0.2, 0.25) is 0 Å². The molecule has 0 saturated heterocycles. The maximum Gasteiger partial charge on any atom is 0.306 e. The van der Waals surface area contributed by atoms with E-state index in [4.69, 9.17) is 14.2 Å². The van der Waals surface area contributed by atoms with Gasteiger partial charge in [0.05, 0.1) is 0 Å². The molecule has 0 rings (SSSR count). The van der Waals surface area contributed by atoms with Crippen molar-refractivity contribution >= 4 is 17.9 Å². The number of rotatable bonds is 45. The summed E-state index contributed by atoms with van der Waals surface area (Å²) in [6.07, 6.45) is 45.1. The molecule has 1 atom stereocenters. The third-order valence-corrected chi connectivity index (χ3v) is 11.3. The Balaban J connectivity index is 4.32. The van der Waals surface area contributed by atoms with Crippen molar-refractivity contribution in [2.75, 3.05) is 13.2 Å². The van der Waals surface area contributed by atoms with E-state index in [0.29, 0.717) is 19.3 Å². The van der Waals surface area contributed by atoms with Crippen molar-refractivity contribution in [1.82, 2.24) is 0 Å². The average Bonchev–Trinajstić information content (AvgIpc) is 3.18. The molecule has 0 aromatic rings. The van der Waals surface area contributed by atoms with Gasteiger partial charge in [-0.1, -0.05) is 240 Å². The number of hydrogen-bond donors (Lipinski definition) is 0. The minimum absolute atomic E-state index is 0.0630. The zero-order valence-electron chi connectivity index (χ0n) is 38.1. The number of unbranched alkanes of at least 4 members (excludes halogenated alkanes) is 32. The van der Waals surface area contributed by atoms with Crippen LogP contribution in [0.3, 0.4) is 0 Å². The third-order valence-electron chi connectivity index (χ3n) is 11.3. The Labute approximate surface area is 348 Å². The zero-order valence-corrected chi connectivity index (χ0v) is 38.1. The number of carbonyl (C=O) groups excluding carboxylic acids is 3. The standard InChI is InChI=1S/C50H96O6/c1-5-7-9-11-13-15-17-19-21-25-29-33-37-41-48(51)54-44-47(56-50(53)43-39-35-31-27-20-18-16-14-12-10-8-6-2)45-55-49(52)42-38-34-30-26-23-22-24-28-32-36-40-46(3)4/h46-47H,5-45H2,1-4H3/t47-/m1/s1. The molecule has 56 heavy (non-hydrogen) atoms. The Morgan fingerprint density at radius 3 is 0.875 bits per heavy atom. The van der Waals surface area contributed by atoms with Gasteiger partial charge in [0.25, 0.3) is 0 Å². The van der Waals surface area contributed by atoms with Gasteiger partial charge in [-0.15, -0.1) is 0 Å². The molecule has 0 fully saturated rings. The fourth-order valence-corrected chi connectivity index (χ4v) is 7.51. The molecule has 0 aliphatic carbocycles. The second-order valence-electron chi connectivity index (χ2n) is 17.6. The smallest absolute Gasteiger partial charge is 0.306 e. The van der Waals surface area contributed by atoms with E-state index < -0.39 is 6.10 Å². The van der Waals surface area contributed by atoms with Gasteiger partial charge in [0, 0.05) is 19.3 Å². The van der Waals surface area contributed by atoms with E-state index in [-0.39, 0.29) is 31.1 Å². The van der Waals surface area contributed by atoms with Crippen LogP contribution in [0.4, 0.5) is 0 Å². The average molecular weight is 793 g/mol. The summed E-state index contributed by atoms with van der Waals surface area (Å²) in [6, 6.07) is 0. The lowest BCUT2D eigenvalue weighted by Crippen LogP contribution is -2.30. The largest absolute Gasteiger partial charge is 0.462 e. The van der Waals surface area contributed by atoms with E-state index in [1.807, 2.05) is 0 Å². The lowest BCUT2D eigenvalue weighted by molar-refractivity contribution is -0.167. The molecule has 0 aromatic carbocycles. The molecule has 0 amide bonds. The maximum absolute atomic E-state index is 12.7. The molecule has 0 spiro atoms. The van der Waals surface area contributed by atoms with Crippen LogP contribution in [0.15, 0.2) is 0 Å². The summed E-state index contributed by atoms with van der Waals surface area (Å²) in [6.45, 7) is 9.00. The van der Waals surface area contributed by atoms with Crippen molar-refractivity contribution in [2.24, 2.45) is 5.92 Å². The highest BCUT2D eigenvalue weighted by Gasteiger charge is 2.19. The Kier molecular flexibility index (Phi) is 43.2. The van der Waals surface area contributed by atoms with Gasteiger partial charge < -0.3 is 14.2 Å². The fraction of sp³-hybridized carbons (Fsp3) is 0.940. The van der Waals surface area contributed by atoms with Crippen LogP contribution in [0.1, 0.15) is 278 Å². The van der Waals surface area contributed by atoms with Gasteiger partial charge in [-0.2, -0.15) is 0 Å². The first-order valence-electron chi connectivity index (χ1n) is 24.9. The summed E-state index contributed by atoms with van der Waals surface area (Å²) in [5, 5.41) is 0. The van der Waals surface area contributed by atoms with Crippen LogP contribution in [-0.4, -0.2) is 37.2 Å². The van der Waals surface area contributed by atoms with E-state index in [1.54, 1.807) is 0 Å². The SMILES string of the molecule is CCCCCCCCCCCCCCCC(=O)OC[C@H](COC(=O)CCCCCCCCCCCCC(C)C)OC(=O)CCCCCCCCCCCCCC. The molecule has 0 saturated carbocycles. The molecule has 0 N–H and O–H groups in total. The molecule has 0 radical (unpaired) electrons. The minimum atomic E-state index is -0.759. The van der Waals surface area contributed by atoms with Crippen LogP contribution >= 0.6 is 0 Å². The van der Waals surface area contributed by atoms with Crippen molar-refractivity contribution in [3.63, 3.8) is 0 Å². The molecule has 0 aliphatic heterocycles. The highest BCUT2D eigenvalue weighted by Crippen LogP contribution is 2.17. The number of hydrogen-bond acceptors (Lipinski definition) is 6. The summed E-state index contributed by atoms with van der Waals surface area (Å²) in [7, 11) is 0. The van der Waals surface area contributed by atoms with Crippen LogP contribution in [0.25, 0.3) is 0 Å². The topological polar surface area (TPSA) is 78.9 Å². The Bertz CT molecular complexity index is 841. The minimum Gasteiger partial charge on any atom is -0.462 e. The monoisotopic (exact) mass is 793 g/mol. The second-order valence-corrected chi connectivity index (χ2v) is 17.6. The van der Waals surface area contributed by atoms with Crippen molar-refractivity contribution in [2.45, 2.75) is 284 Å². The number of esters is 3. The highest BCUT2D eigenvalue weighted by molar-refractivity contribution is 5.71. The van der Waals surface area contributed by atoms with Gasteiger partial charge in [0.1, 0.15) is 13.2 Å². The molecule has 0 bridgehead atoms. The van der Waals surface area contributed by atoms with Crippen molar-refractivity contribution in [3.05, 3.63) is 0 Å². The van der Waals surface area contributed by atoms with Gasteiger partial charge in [-0.05, 0) is 25.2 Å². The molecule has 0 aliphatic rings. The Morgan fingerprint density at radius 2 is 0.589 bits per heavy atom. The summed E-state index contributed by atoms with van der Waals surface area (Å²) in [5.74, 6) is -0.0290. The van der Waals surface area contributed by atoms with Gasteiger partial charge in [0.15, 0.2) is 6.10 Å². The fourth-order valence-electron chi connectivity index (χ4n) is 7.51. The summed E-state index contributed by atoms with van der Waals surface area (Å²) < 4.78 is 16.8. The number of ether oxygens (including phenoxy) is 3. The second kappa shape index (κ2) is 44.5. The first kappa shape index (κ1) is 54.4. The molecule has 332 valence electrons. The van der Waals surface area contributed by atoms with E-state index in [2.05, 4.69) is 27.7 Å². The quantitative estimate of drug-likeness (QED) is 0.0347. The van der Waals surface area contributed by atoms with Crippen LogP contribution in [0.5, 0.6) is 0 Å². The van der Waals surface area contributed by atoms with Gasteiger partial charge >= 0.3 is 17.9 Å². The lowest BCUT2D eigenvalue weighted by atomic mass is 10.0. The van der Waals surface area contributed by atoms with E-state index >= 15 is 0 Å².